The van der Waals surface area contributed by atoms with Crippen molar-refractivity contribution in [2.45, 2.75) is 6.04 Å². The van der Waals surface area contributed by atoms with Crippen molar-refractivity contribution in [2.75, 3.05) is 13.7 Å². The lowest BCUT2D eigenvalue weighted by atomic mass is 10.2. The summed E-state index contributed by atoms with van der Waals surface area (Å²) in [6.45, 7) is 0.375. The van der Waals surface area contributed by atoms with Crippen LogP contribution in [0.15, 0.2) is 47.1 Å². The van der Waals surface area contributed by atoms with Crippen LogP contribution < -0.4 is 15.2 Å². The molecule has 4 nitrogen and oxygen atoms in total. The highest BCUT2D eigenvalue weighted by atomic mass is 16.5. The molecule has 1 aromatic carbocycles. The van der Waals surface area contributed by atoms with Gasteiger partial charge in [0.25, 0.3) is 0 Å². The molecular weight excluding hydrogens is 218 g/mol. The molecule has 4 heteroatoms. The molecule has 0 aliphatic carbocycles. The summed E-state index contributed by atoms with van der Waals surface area (Å²) in [4.78, 5) is 0. The number of ether oxygens (including phenoxy) is 2. The predicted octanol–water partition coefficient (Wildman–Crippen LogP) is 2.37. The largest absolute Gasteiger partial charge is 0.497 e. The molecule has 0 bridgehead atoms. The third-order valence-electron chi connectivity index (χ3n) is 2.40. The molecule has 17 heavy (non-hydrogen) atoms. The van der Waals surface area contributed by atoms with Gasteiger partial charge < -0.3 is 19.6 Å². The molecule has 0 spiro atoms. The van der Waals surface area contributed by atoms with Gasteiger partial charge in [0.05, 0.1) is 19.4 Å². The molecule has 0 amide bonds. The summed E-state index contributed by atoms with van der Waals surface area (Å²) < 4.78 is 15.8. The maximum atomic E-state index is 5.90. The minimum absolute atomic E-state index is 0.257. The molecule has 1 aromatic heterocycles. The number of benzene rings is 1. The molecule has 2 rings (SSSR count). The van der Waals surface area contributed by atoms with Crippen LogP contribution in [0.4, 0.5) is 0 Å². The number of nitrogens with two attached hydrogens (primary N) is 1. The van der Waals surface area contributed by atoms with Gasteiger partial charge in [0.15, 0.2) is 0 Å². The predicted molar refractivity (Wildman–Crippen MR) is 64.1 cm³/mol. The summed E-state index contributed by atoms with van der Waals surface area (Å²) in [5, 5.41) is 0. The number of methoxy groups -OCH3 is 1. The Balaban J connectivity index is 1.89. The molecule has 0 saturated heterocycles. The molecule has 1 heterocycles. The first-order valence-corrected chi connectivity index (χ1v) is 5.35. The van der Waals surface area contributed by atoms with Crippen LogP contribution >= 0.6 is 0 Å². The van der Waals surface area contributed by atoms with Crippen molar-refractivity contribution in [2.24, 2.45) is 5.73 Å². The van der Waals surface area contributed by atoms with Crippen LogP contribution in [-0.4, -0.2) is 13.7 Å². The highest BCUT2D eigenvalue weighted by Gasteiger charge is 2.09. The van der Waals surface area contributed by atoms with Crippen molar-refractivity contribution in [3.63, 3.8) is 0 Å². The minimum atomic E-state index is -0.257. The summed E-state index contributed by atoms with van der Waals surface area (Å²) in [5.74, 6) is 2.28. The van der Waals surface area contributed by atoms with Crippen LogP contribution in [0.2, 0.25) is 0 Å². The van der Waals surface area contributed by atoms with Gasteiger partial charge in [0.2, 0.25) is 0 Å². The van der Waals surface area contributed by atoms with Gasteiger partial charge in [0, 0.05) is 0 Å². The molecule has 90 valence electrons. The van der Waals surface area contributed by atoms with Gasteiger partial charge in [-0.1, -0.05) is 0 Å². The first kappa shape index (κ1) is 11.5. The van der Waals surface area contributed by atoms with E-state index in [4.69, 9.17) is 19.6 Å². The van der Waals surface area contributed by atoms with E-state index in [1.807, 2.05) is 36.4 Å². The van der Waals surface area contributed by atoms with Gasteiger partial charge in [-0.3, -0.25) is 0 Å². The minimum Gasteiger partial charge on any atom is -0.497 e. The maximum absolute atomic E-state index is 5.90. The van der Waals surface area contributed by atoms with Crippen LogP contribution in [0.25, 0.3) is 0 Å². The Hall–Kier alpha value is -1.94. The first-order chi connectivity index (χ1) is 8.29. The summed E-state index contributed by atoms with van der Waals surface area (Å²) in [6, 6.07) is 10.8. The molecule has 2 N–H and O–H groups in total. The summed E-state index contributed by atoms with van der Waals surface area (Å²) in [7, 11) is 1.63. The Morgan fingerprint density at radius 2 is 1.88 bits per heavy atom. The Morgan fingerprint density at radius 3 is 2.47 bits per heavy atom. The fraction of sp³-hybridized carbons (Fsp3) is 0.231. The monoisotopic (exact) mass is 233 g/mol. The number of rotatable bonds is 5. The standard InChI is InChI=1S/C13H15NO3/c1-15-10-4-6-11(7-5-10)17-9-12(14)13-3-2-8-16-13/h2-8,12H,9,14H2,1H3. The second-order valence-electron chi connectivity index (χ2n) is 3.61. The molecule has 1 unspecified atom stereocenters. The lowest BCUT2D eigenvalue weighted by molar-refractivity contribution is 0.272. The fourth-order valence-electron chi connectivity index (χ4n) is 1.44. The normalized spacial score (nSPS) is 12.1. The smallest absolute Gasteiger partial charge is 0.123 e. The summed E-state index contributed by atoms with van der Waals surface area (Å²) in [6.07, 6.45) is 1.60. The van der Waals surface area contributed by atoms with Gasteiger partial charge in [-0.2, -0.15) is 0 Å². The zero-order valence-electron chi connectivity index (χ0n) is 9.63. The molecule has 1 atom stereocenters. The van der Waals surface area contributed by atoms with E-state index in [1.54, 1.807) is 13.4 Å². The quantitative estimate of drug-likeness (QED) is 0.861. The van der Waals surface area contributed by atoms with Crippen molar-refractivity contribution in [3.05, 3.63) is 48.4 Å². The van der Waals surface area contributed by atoms with Crippen molar-refractivity contribution in [3.8, 4) is 11.5 Å². The van der Waals surface area contributed by atoms with Crippen molar-refractivity contribution in [1.29, 1.82) is 0 Å². The van der Waals surface area contributed by atoms with E-state index in [1.165, 1.54) is 0 Å². The SMILES string of the molecule is COc1ccc(OCC(N)c2ccco2)cc1. The molecule has 0 radical (unpaired) electrons. The lowest BCUT2D eigenvalue weighted by Gasteiger charge is -2.11. The highest BCUT2D eigenvalue weighted by molar-refractivity contribution is 5.31. The van der Waals surface area contributed by atoms with E-state index in [9.17, 15) is 0 Å². The molecule has 0 saturated carbocycles. The van der Waals surface area contributed by atoms with Gasteiger partial charge in [-0.15, -0.1) is 0 Å². The number of hydrogen-bond acceptors (Lipinski definition) is 4. The van der Waals surface area contributed by atoms with E-state index in [0.29, 0.717) is 6.61 Å². The summed E-state index contributed by atoms with van der Waals surface area (Å²) >= 11 is 0. The molecule has 0 fully saturated rings. The van der Waals surface area contributed by atoms with Crippen LogP contribution in [0.1, 0.15) is 11.8 Å². The average molecular weight is 233 g/mol. The number of hydrogen-bond donors (Lipinski definition) is 1. The Bertz CT molecular complexity index is 436. The molecule has 2 aromatic rings. The van der Waals surface area contributed by atoms with Gasteiger partial charge in [-0.25, -0.2) is 0 Å². The molecule has 0 aliphatic rings. The first-order valence-electron chi connectivity index (χ1n) is 5.35. The third kappa shape index (κ3) is 3.01. The Kier molecular flexibility index (Phi) is 3.67. The maximum Gasteiger partial charge on any atom is 0.123 e. The van der Waals surface area contributed by atoms with Gasteiger partial charge in [-0.05, 0) is 36.4 Å². The lowest BCUT2D eigenvalue weighted by Crippen LogP contribution is -2.18. The number of furan rings is 1. The van der Waals surface area contributed by atoms with Gasteiger partial charge >= 0.3 is 0 Å². The van der Waals surface area contributed by atoms with E-state index < -0.39 is 0 Å². The Labute approximate surface area is 99.9 Å². The third-order valence-corrected chi connectivity index (χ3v) is 2.40. The van der Waals surface area contributed by atoms with E-state index in [-0.39, 0.29) is 6.04 Å². The second-order valence-corrected chi connectivity index (χ2v) is 3.61. The summed E-state index contributed by atoms with van der Waals surface area (Å²) in [5.41, 5.74) is 5.90. The Morgan fingerprint density at radius 1 is 1.18 bits per heavy atom. The van der Waals surface area contributed by atoms with Crippen LogP contribution in [0.3, 0.4) is 0 Å². The van der Waals surface area contributed by atoms with Crippen molar-refractivity contribution in [1.82, 2.24) is 0 Å². The fourth-order valence-corrected chi connectivity index (χ4v) is 1.44. The average Bonchev–Trinajstić information content (AvgIpc) is 2.90. The highest BCUT2D eigenvalue weighted by Crippen LogP contribution is 2.18. The topological polar surface area (TPSA) is 57.6 Å². The molecule has 0 aliphatic heterocycles. The van der Waals surface area contributed by atoms with Gasteiger partial charge in [0.1, 0.15) is 23.9 Å². The zero-order valence-corrected chi connectivity index (χ0v) is 9.63. The van der Waals surface area contributed by atoms with E-state index in [2.05, 4.69) is 0 Å². The van der Waals surface area contributed by atoms with Crippen LogP contribution in [-0.2, 0) is 0 Å². The van der Waals surface area contributed by atoms with E-state index in [0.717, 1.165) is 17.3 Å². The second kappa shape index (κ2) is 5.41. The van der Waals surface area contributed by atoms with E-state index >= 15 is 0 Å². The van der Waals surface area contributed by atoms with Crippen molar-refractivity contribution < 1.29 is 13.9 Å². The van der Waals surface area contributed by atoms with Crippen LogP contribution in [0, 0.1) is 0 Å². The molecular formula is C13H15NO3. The van der Waals surface area contributed by atoms with Crippen LogP contribution in [0.5, 0.6) is 11.5 Å². The van der Waals surface area contributed by atoms with Crippen molar-refractivity contribution >= 4 is 0 Å². The zero-order chi connectivity index (χ0) is 12.1.